The van der Waals surface area contributed by atoms with Crippen molar-refractivity contribution in [1.82, 2.24) is 15.0 Å². The number of halogens is 1. The van der Waals surface area contributed by atoms with Gasteiger partial charge >= 0.3 is 0 Å². The van der Waals surface area contributed by atoms with E-state index in [4.69, 9.17) is 11.6 Å². The van der Waals surface area contributed by atoms with Crippen LogP contribution in [0.5, 0.6) is 0 Å². The quantitative estimate of drug-likeness (QED) is 0.800. The largest absolute Gasteiger partial charge is 0.248 e. The van der Waals surface area contributed by atoms with Crippen molar-refractivity contribution in [1.29, 1.82) is 0 Å². The summed E-state index contributed by atoms with van der Waals surface area (Å²) < 4.78 is 1.87. The summed E-state index contributed by atoms with van der Waals surface area (Å²) in [6.07, 6.45) is 6.56. The van der Waals surface area contributed by atoms with Crippen LogP contribution >= 0.6 is 11.6 Å². The van der Waals surface area contributed by atoms with Crippen molar-refractivity contribution in [2.75, 3.05) is 0 Å². The van der Waals surface area contributed by atoms with E-state index in [-0.39, 0.29) is 5.38 Å². The van der Waals surface area contributed by atoms with Gasteiger partial charge in [-0.15, -0.1) is 16.7 Å². The molecule has 3 rings (SSSR count). The number of aryl methyl sites for hydroxylation is 2. The highest BCUT2D eigenvalue weighted by Gasteiger charge is 2.12. The number of fused-ring (bicyclic) bond motifs is 1. The molecule has 0 amide bonds. The second-order valence-corrected chi connectivity index (χ2v) is 5.70. The van der Waals surface area contributed by atoms with Gasteiger partial charge in [-0.3, -0.25) is 0 Å². The van der Waals surface area contributed by atoms with Crippen LogP contribution in [-0.2, 0) is 19.4 Å². The number of alkyl halides is 1. The average Bonchev–Trinajstić information content (AvgIpc) is 3.06. The fraction of sp³-hybridized carbons (Fsp3) is 0.467. The minimum Gasteiger partial charge on any atom is -0.248 e. The third-order valence-electron chi connectivity index (χ3n) is 3.74. The first-order chi connectivity index (χ1) is 9.26. The first-order valence-corrected chi connectivity index (χ1v) is 7.34. The van der Waals surface area contributed by atoms with Crippen LogP contribution in [0.15, 0.2) is 24.4 Å². The Labute approximate surface area is 118 Å². The van der Waals surface area contributed by atoms with Crippen molar-refractivity contribution in [2.24, 2.45) is 0 Å². The Balaban J connectivity index is 1.76. The number of aromatic nitrogens is 3. The van der Waals surface area contributed by atoms with Gasteiger partial charge in [0.05, 0.1) is 18.1 Å². The van der Waals surface area contributed by atoms with E-state index in [0.29, 0.717) is 0 Å². The number of hydrogen-bond donors (Lipinski definition) is 0. The topological polar surface area (TPSA) is 30.7 Å². The summed E-state index contributed by atoms with van der Waals surface area (Å²) in [7, 11) is 0. The van der Waals surface area contributed by atoms with Crippen LogP contribution in [0.4, 0.5) is 0 Å². The fourth-order valence-electron chi connectivity index (χ4n) is 2.65. The molecule has 19 heavy (non-hydrogen) atoms. The minimum absolute atomic E-state index is 0.0335. The lowest BCUT2D eigenvalue weighted by atomic mass is 10.1. The van der Waals surface area contributed by atoms with Gasteiger partial charge in [0.2, 0.25) is 0 Å². The van der Waals surface area contributed by atoms with Crippen molar-refractivity contribution in [3.63, 3.8) is 0 Å². The van der Waals surface area contributed by atoms with Gasteiger partial charge in [0.1, 0.15) is 5.69 Å². The van der Waals surface area contributed by atoms with Gasteiger partial charge in [-0.1, -0.05) is 30.3 Å². The molecule has 1 unspecified atom stereocenters. The summed E-state index contributed by atoms with van der Waals surface area (Å²) in [4.78, 5) is 0. The molecule has 2 aromatic rings. The molecule has 1 atom stereocenters. The van der Waals surface area contributed by atoms with Gasteiger partial charge < -0.3 is 0 Å². The van der Waals surface area contributed by atoms with Crippen LogP contribution in [0.25, 0.3) is 0 Å². The van der Waals surface area contributed by atoms with Crippen molar-refractivity contribution in [3.05, 3.63) is 46.8 Å². The van der Waals surface area contributed by atoms with Crippen molar-refractivity contribution in [3.8, 4) is 0 Å². The molecular formula is C15H18ClN3. The summed E-state index contributed by atoms with van der Waals surface area (Å²) in [5.74, 6) is 0. The molecule has 4 heteroatoms. The zero-order valence-corrected chi connectivity index (χ0v) is 11.9. The molecule has 0 saturated heterocycles. The number of rotatable bonds is 4. The molecule has 1 aliphatic carbocycles. The van der Waals surface area contributed by atoms with Crippen molar-refractivity contribution < 1.29 is 0 Å². The first-order valence-electron chi connectivity index (χ1n) is 6.91. The summed E-state index contributed by atoms with van der Waals surface area (Å²) in [6, 6.07) is 6.76. The lowest BCUT2D eigenvalue weighted by Gasteiger charge is -2.04. The standard InChI is InChI=1S/C15H18ClN3/c1-2-14(16)15-10-19(18-17-15)9-11-6-7-12-4-3-5-13(12)8-11/h6-8,10,14H,2-5,9H2,1H3. The van der Waals surface area contributed by atoms with Gasteiger partial charge in [-0.2, -0.15) is 0 Å². The normalized spacial score (nSPS) is 15.5. The summed E-state index contributed by atoms with van der Waals surface area (Å²) in [6.45, 7) is 2.82. The Morgan fingerprint density at radius 3 is 3.00 bits per heavy atom. The van der Waals surface area contributed by atoms with E-state index in [1.165, 1.54) is 36.0 Å². The predicted molar refractivity (Wildman–Crippen MR) is 76.5 cm³/mol. The van der Waals surface area contributed by atoms with E-state index in [1.54, 1.807) is 0 Å². The zero-order valence-electron chi connectivity index (χ0n) is 11.1. The smallest absolute Gasteiger partial charge is 0.101 e. The maximum Gasteiger partial charge on any atom is 0.101 e. The van der Waals surface area contributed by atoms with Crippen LogP contribution in [0.2, 0.25) is 0 Å². The third kappa shape index (κ3) is 2.66. The van der Waals surface area contributed by atoms with E-state index in [0.717, 1.165) is 18.7 Å². The molecule has 0 spiro atoms. The molecule has 0 aliphatic heterocycles. The molecule has 3 nitrogen and oxygen atoms in total. The molecule has 0 radical (unpaired) electrons. The summed E-state index contributed by atoms with van der Waals surface area (Å²) in [5.41, 5.74) is 5.17. The van der Waals surface area contributed by atoms with Crippen molar-refractivity contribution >= 4 is 11.6 Å². The molecular weight excluding hydrogens is 258 g/mol. The monoisotopic (exact) mass is 275 g/mol. The Morgan fingerprint density at radius 1 is 1.32 bits per heavy atom. The van der Waals surface area contributed by atoms with E-state index in [1.807, 2.05) is 10.9 Å². The lowest BCUT2D eigenvalue weighted by Crippen LogP contribution is -2.01. The molecule has 1 aliphatic rings. The van der Waals surface area contributed by atoms with Gasteiger partial charge in [0, 0.05) is 0 Å². The van der Waals surface area contributed by atoms with Crippen molar-refractivity contribution in [2.45, 2.75) is 44.5 Å². The van der Waals surface area contributed by atoms with Crippen LogP contribution in [0.3, 0.4) is 0 Å². The summed E-state index contributed by atoms with van der Waals surface area (Å²) >= 11 is 6.17. The fourth-order valence-corrected chi connectivity index (χ4v) is 2.75. The Hall–Kier alpha value is -1.35. The Morgan fingerprint density at radius 2 is 2.16 bits per heavy atom. The second-order valence-electron chi connectivity index (χ2n) is 5.17. The molecule has 100 valence electrons. The number of hydrogen-bond acceptors (Lipinski definition) is 2. The number of benzene rings is 1. The number of nitrogens with zero attached hydrogens (tertiary/aromatic N) is 3. The lowest BCUT2D eigenvalue weighted by molar-refractivity contribution is 0.648. The first kappa shape index (κ1) is 12.7. The molecule has 0 saturated carbocycles. The van der Waals surface area contributed by atoms with E-state index < -0.39 is 0 Å². The van der Waals surface area contributed by atoms with Crippen LogP contribution in [0, 0.1) is 0 Å². The summed E-state index contributed by atoms with van der Waals surface area (Å²) in [5, 5.41) is 8.26. The highest BCUT2D eigenvalue weighted by molar-refractivity contribution is 6.20. The maximum absolute atomic E-state index is 6.17. The Kier molecular flexibility index (Phi) is 3.56. The third-order valence-corrected chi connectivity index (χ3v) is 4.28. The van der Waals surface area contributed by atoms with Gasteiger partial charge in [0.15, 0.2) is 0 Å². The molecule has 1 aromatic heterocycles. The van der Waals surface area contributed by atoms with E-state index >= 15 is 0 Å². The van der Waals surface area contributed by atoms with E-state index in [9.17, 15) is 0 Å². The average molecular weight is 276 g/mol. The van der Waals surface area contributed by atoms with Crippen LogP contribution in [-0.4, -0.2) is 15.0 Å². The predicted octanol–water partition coefficient (Wildman–Crippen LogP) is 3.51. The van der Waals surface area contributed by atoms with Crippen LogP contribution in [0.1, 0.15) is 47.5 Å². The van der Waals surface area contributed by atoms with Gasteiger partial charge in [0.25, 0.3) is 0 Å². The molecule has 1 heterocycles. The molecule has 0 bridgehead atoms. The maximum atomic E-state index is 6.17. The second kappa shape index (κ2) is 5.33. The SMILES string of the molecule is CCC(Cl)c1cn(Cc2ccc3c(c2)CCC3)nn1. The molecule has 1 aromatic carbocycles. The van der Waals surface area contributed by atoms with Gasteiger partial charge in [-0.25, -0.2) is 4.68 Å². The zero-order chi connectivity index (χ0) is 13.2. The Bertz CT molecular complexity index is 577. The minimum atomic E-state index is -0.0335. The molecule has 0 N–H and O–H groups in total. The van der Waals surface area contributed by atoms with Crippen LogP contribution < -0.4 is 0 Å². The van der Waals surface area contributed by atoms with E-state index in [2.05, 4.69) is 35.4 Å². The van der Waals surface area contributed by atoms with Gasteiger partial charge in [-0.05, 0) is 42.4 Å². The highest BCUT2D eigenvalue weighted by Crippen LogP contribution is 2.24. The molecule has 0 fully saturated rings. The highest BCUT2D eigenvalue weighted by atomic mass is 35.5.